The summed E-state index contributed by atoms with van der Waals surface area (Å²) >= 11 is 0. The minimum atomic E-state index is -0.635. The van der Waals surface area contributed by atoms with Gasteiger partial charge in [-0.2, -0.15) is 0 Å². The molecule has 0 aromatic rings. The van der Waals surface area contributed by atoms with Crippen molar-refractivity contribution in [1.82, 2.24) is 0 Å². The lowest BCUT2D eigenvalue weighted by Gasteiger charge is -2.36. The van der Waals surface area contributed by atoms with Crippen LogP contribution in [0.2, 0.25) is 0 Å². The Morgan fingerprint density at radius 3 is 1.50 bits per heavy atom. The van der Waals surface area contributed by atoms with Crippen LogP contribution in [0.3, 0.4) is 0 Å². The number of hydrogen-bond acceptors (Lipinski definition) is 3. The summed E-state index contributed by atoms with van der Waals surface area (Å²) in [6.45, 7) is 15.2. The van der Waals surface area contributed by atoms with E-state index in [1.807, 2.05) is 0 Å². The van der Waals surface area contributed by atoms with Crippen LogP contribution in [-0.4, -0.2) is 23.1 Å². The molecule has 0 bridgehead atoms. The summed E-state index contributed by atoms with van der Waals surface area (Å²) < 4.78 is 5.21. The van der Waals surface area contributed by atoms with Crippen LogP contribution in [0, 0.1) is 28.6 Å². The number of carbonyl (C=O) groups is 2. The van der Waals surface area contributed by atoms with E-state index < -0.39 is 5.97 Å². The summed E-state index contributed by atoms with van der Waals surface area (Å²) in [6.07, 6.45) is 9.67. The molecule has 0 heterocycles. The second kappa shape index (κ2) is 10.6. The molecule has 0 aliphatic heterocycles. The lowest BCUT2D eigenvalue weighted by Crippen LogP contribution is -2.29. The number of aliphatic carboxylic acids is 1. The molecule has 2 aliphatic carbocycles. The molecule has 2 rings (SSSR count). The molecule has 4 nitrogen and oxygen atoms in total. The topological polar surface area (TPSA) is 63.6 Å². The number of esters is 1. The Hall–Kier alpha value is -1.06. The standard InChI is InChI=1S/2C12H22O2/c1-9(13)14-11-7-5-10(6-8-11)12(2,3)4;1-12(2,3)10-6-4-9(5-7-10)8-11(13)14/h10-11H,5-8H2,1-4H3;9-10H,4-8H2,1-3H3,(H,13,14). The predicted molar refractivity (Wildman–Crippen MR) is 114 cm³/mol. The maximum absolute atomic E-state index is 10.8. The van der Waals surface area contributed by atoms with Gasteiger partial charge in [0.05, 0.1) is 0 Å². The minimum Gasteiger partial charge on any atom is -0.481 e. The lowest BCUT2D eigenvalue weighted by molar-refractivity contribution is -0.148. The molecule has 1 N–H and O–H groups in total. The van der Waals surface area contributed by atoms with Gasteiger partial charge in [0.2, 0.25) is 0 Å². The van der Waals surface area contributed by atoms with Crippen molar-refractivity contribution in [1.29, 1.82) is 0 Å². The first kappa shape index (κ1) is 25.0. The SMILES string of the molecule is CC(=O)OC1CCC(C(C)(C)C)CC1.CC(C)(C)C1CCC(CC(=O)O)CC1. The molecule has 0 aromatic heterocycles. The molecule has 0 amide bonds. The second-order valence-corrected chi connectivity index (χ2v) is 11.1. The van der Waals surface area contributed by atoms with Crippen LogP contribution in [0.5, 0.6) is 0 Å². The largest absolute Gasteiger partial charge is 0.481 e. The third-order valence-corrected chi connectivity index (χ3v) is 6.77. The van der Waals surface area contributed by atoms with Gasteiger partial charge in [0.15, 0.2) is 0 Å². The second-order valence-electron chi connectivity index (χ2n) is 11.1. The van der Waals surface area contributed by atoms with Crippen LogP contribution in [0.15, 0.2) is 0 Å². The number of rotatable bonds is 3. The normalized spacial score (nSPS) is 28.7. The smallest absolute Gasteiger partial charge is 0.303 e. The molecule has 0 unspecified atom stereocenters. The quantitative estimate of drug-likeness (QED) is 0.555. The molecule has 2 fully saturated rings. The Balaban J connectivity index is 0.000000280. The number of hydrogen-bond donors (Lipinski definition) is 1. The molecule has 0 atom stereocenters. The molecule has 0 aromatic carbocycles. The number of carbonyl (C=O) groups excluding carboxylic acids is 1. The average Bonchev–Trinajstić information content (AvgIpc) is 2.53. The van der Waals surface area contributed by atoms with Crippen LogP contribution < -0.4 is 0 Å². The molecule has 0 saturated heterocycles. The summed E-state index contributed by atoms with van der Waals surface area (Å²) in [7, 11) is 0. The molecule has 2 saturated carbocycles. The van der Waals surface area contributed by atoms with Crippen LogP contribution in [0.25, 0.3) is 0 Å². The van der Waals surface area contributed by atoms with E-state index >= 15 is 0 Å². The van der Waals surface area contributed by atoms with Gasteiger partial charge in [0.1, 0.15) is 6.10 Å². The average molecular weight is 397 g/mol. The van der Waals surface area contributed by atoms with Crippen molar-refractivity contribution in [2.45, 2.75) is 112 Å². The molecule has 0 spiro atoms. The van der Waals surface area contributed by atoms with E-state index in [0.717, 1.165) is 37.5 Å². The first-order valence-electron chi connectivity index (χ1n) is 11.2. The van der Waals surface area contributed by atoms with Gasteiger partial charge in [-0.1, -0.05) is 41.5 Å². The Bertz CT molecular complexity index is 436. The molecule has 2 aliphatic rings. The van der Waals surface area contributed by atoms with Crippen LogP contribution in [0.4, 0.5) is 0 Å². The molecular formula is C24H44O4. The minimum absolute atomic E-state index is 0.135. The molecule has 4 heteroatoms. The monoisotopic (exact) mass is 396 g/mol. The predicted octanol–water partition coefficient (Wildman–Crippen LogP) is 6.47. The van der Waals surface area contributed by atoms with Crippen molar-refractivity contribution in [3.05, 3.63) is 0 Å². The van der Waals surface area contributed by atoms with E-state index in [-0.39, 0.29) is 12.1 Å². The first-order chi connectivity index (χ1) is 12.8. The van der Waals surface area contributed by atoms with E-state index in [9.17, 15) is 9.59 Å². The molecule has 164 valence electrons. The van der Waals surface area contributed by atoms with Crippen molar-refractivity contribution in [2.24, 2.45) is 28.6 Å². The fraction of sp³-hybridized carbons (Fsp3) is 0.917. The maximum Gasteiger partial charge on any atom is 0.303 e. The van der Waals surface area contributed by atoms with E-state index in [4.69, 9.17) is 9.84 Å². The third kappa shape index (κ3) is 9.43. The fourth-order valence-corrected chi connectivity index (χ4v) is 4.76. The zero-order valence-corrected chi connectivity index (χ0v) is 19.3. The fourth-order valence-electron chi connectivity index (χ4n) is 4.76. The number of carboxylic acids is 1. The summed E-state index contributed by atoms with van der Waals surface area (Å²) in [4.78, 5) is 21.3. The Labute approximate surface area is 172 Å². The highest BCUT2D eigenvalue weighted by Crippen LogP contribution is 2.40. The van der Waals surface area contributed by atoms with E-state index in [0.29, 0.717) is 23.2 Å². The van der Waals surface area contributed by atoms with Gasteiger partial charge < -0.3 is 9.84 Å². The molecular weight excluding hydrogens is 352 g/mol. The van der Waals surface area contributed by atoms with Crippen LogP contribution in [-0.2, 0) is 14.3 Å². The van der Waals surface area contributed by atoms with Gasteiger partial charge in [0.25, 0.3) is 0 Å². The number of ether oxygens (including phenoxy) is 1. The van der Waals surface area contributed by atoms with Gasteiger partial charge in [-0.05, 0) is 80.0 Å². The molecule has 0 radical (unpaired) electrons. The molecule has 28 heavy (non-hydrogen) atoms. The Morgan fingerprint density at radius 1 is 0.786 bits per heavy atom. The van der Waals surface area contributed by atoms with Crippen molar-refractivity contribution >= 4 is 11.9 Å². The van der Waals surface area contributed by atoms with Crippen LogP contribution in [0.1, 0.15) is 106 Å². The first-order valence-corrected chi connectivity index (χ1v) is 11.2. The van der Waals surface area contributed by atoms with Crippen LogP contribution >= 0.6 is 0 Å². The summed E-state index contributed by atoms with van der Waals surface area (Å²) in [6, 6.07) is 0. The lowest BCUT2D eigenvalue weighted by atomic mass is 9.69. The third-order valence-electron chi connectivity index (χ3n) is 6.77. The van der Waals surface area contributed by atoms with Gasteiger partial charge in [0, 0.05) is 13.3 Å². The summed E-state index contributed by atoms with van der Waals surface area (Å²) in [5.74, 6) is 1.24. The van der Waals surface area contributed by atoms with Gasteiger partial charge in [-0.15, -0.1) is 0 Å². The van der Waals surface area contributed by atoms with Crippen molar-refractivity contribution in [3.63, 3.8) is 0 Å². The van der Waals surface area contributed by atoms with Gasteiger partial charge in [-0.25, -0.2) is 0 Å². The highest BCUT2D eigenvalue weighted by atomic mass is 16.5. The van der Waals surface area contributed by atoms with Crippen molar-refractivity contribution < 1.29 is 19.4 Å². The highest BCUT2D eigenvalue weighted by molar-refractivity contribution is 5.67. The van der Waals surface area contributed by atoms with E-state index in [1.165, 1.54) is 32.6 Å². The van der Waals surface area contributed by atoms with Gasteiger partial charge >= 0.3 is 11.9 Å². The number of carboxylic acid groups (broad SMARTS) is 1. The maximum atomic E-state index is 10.8. The van der Waals surface area contributed by atoms with Crippen molar-refractivity contribution in [2.75, 3.05) is 0 Å². The van der Waals surface area contributed by atoms with E-state index in [2.05, 4.69) is 41.5 Å². The highest BCUT2D eigenvalue weighted by Gasteiger charge is 2.31. The van der Waals surface area contributed by atoms with Gasteiger partial charge in [-0.3, -0.25) is 9.59 Å². The zero-order valence-electron chi connectivity index (χ0n) is 19.3. The van der Waals surface area contributed by atoms with Crippen molar-refractivity contribution in [3.8, 4) is 0 Å². The van der Waals surface area contributed by atoms with E-state index in [1.54, 1.807) is 0 Å². The zero-order chi connectivity index (χ0) is 21.5. The summed E-state index contributed by atoms with van der Waals surface area (Å²) in [5.41, 5.74) is 0.801. The Morgan fingerprint density at radius 2 is 1.18 bits per heavy atom. The summed E-state index contributed by atoms with van der Waals surface area (Å²) in [5, 5.41) is 8.69. The Kier molecular flexibility index (Phi) is 9.49.